The van der Waals surface area contributed by atoms with Gasteiger partial charge in [-0.25, -0.2) is 9.78 Å². The molecule has 0 aliphatic carbocycles. The number of ether oxygens (including phenoxy) is 1. The van der Waals surface area contributed by atoms with E-state index < -0.39 is 17.9 Å². The zero-order valence-electron chi connectivity index (χ0n) is 8.90. The van der Waals surface area contributed by atoms with Gasteiger partial charge in [-0.1, -0.05) is 6.07 Å². The Hall–Kier alpha value is -1.83. The third-order valence-electron chi connectivity index (χ3n) is 2.17. The van der Waals surface area contributed by atoms with E-state index >= 15 is 0 Å². The lowest BCUT2D eigenvalue weighted by molar-refractivity contribution is -0.255. The second-order valence-corrected chi connectivity index (χ2v) is 3.21. The van der Waals surface area contributed by atoms with E-state index in [0.717, 1.165) is 7.11 Å². The standard InChI is InChI=1S/C10H11NO6/c1-17-10(16,8(13)9(14)15)7-4-2-3-6(5-12)11-7/h2-5,8,13,16H,1H3,(H,14,15). The molecule has 1 aromatic heterocycles. The van der Waals surface area contributed by atoms with Crippen molar-refractivity contribution in [2.24, 2.45) is 0 Å². The van der Waals surface area contributed by atoms with Crippen LogP contribution in [0.1, 0.15) is 16.2 Å². The topological polar surface area (TPSA) is 117 Å². The first-order valence-electron chi connectivity index (χ1n) is 4.56. The van der Waals surface area contributed by atoms with E-state index in [0.29, 0.717) is 6.29 Å². The molecule has 0 aromatic carbocycles. The van der Waals surface area contributed by atoms with Crippen molar-refractivity contribution in [2.45, 2.75) is 11.9 Å². The Morgan fingerprint density at radius 2 is 2.24 bits per heavy atom. The molecule has 0 saturated carbocycles. The number of nitrogens with zero attached hydrogens (tertiary/aromatic N) is 1. The lowest BCUT2D eigenvalue weighted by Crippen LogP contribution is -2.46. The minimum atomic E-state index is -2.51. The highest BCUT2D eigenvalue weighted by Gasteiger charge is 2.44. The summed E-state index contributed by atoms with van der Waals surface area (Å²) >= 11 is 0. The van der Waals surface area contributed by atoms with Crippen LogP contribution in [-0.2, 0) is 15.3 Å². The molecule has 0 aliphatic heterocycles. The molecular weight excluding hydrogens is 230 g/mol. The summed E-state index contributed by atoms with van der Waals surface area (Å²) in [4.78, 5) is 24.8. The van der Waals surface area contributed by atoms with Gasteiger partial charge in [0.1, 0.15) is 11.4 Å². The highest BCUT2D eigenvalue weighted by molar-refractivity contribution is 5.74. The Morgan fingerprint density at radius 1 is 1.59 bits per heavy atom. The third kappa shape index (κ3) is 2.47. The number of carboxylic acid groups (broad SMARTS) is 1. The van der Waals surface area contributed by atoms with Gasteiger partial charge >= 0.3 is 5.97 Å². The number of pyridine rings is 1. The fourth-order valence-electron chi connectivity index (χ4n) is 1.24. The van der Waals surface area contributed by atoms with E-state index in [4.69, 9.17) is 5.11 Å². The maximum absolute atomic E-state index is 10.6. The van der Waals surface area contributed by atoms with Gasteiger partial charge in [0.15, 0.2) is 6.29 Å². The number of hydrogen-bond donors (Lipinski definition) is 3. The van der Waals surface area contributed by atoms with E-state index in [1.807, 2.05) is 0 Å². The molecule has 0 fully saturated rings. The minimum Gasteiger partial charge on any atom is -0.479 e. The van der Waals surface area contributed by atoms with Crippen molar-refractivity contribution >= 4 is 12.3 Å². The molecule has 0 radical (unpaired) electrons. The van der Waals surface area contributed by atoms with Crippen molar-refractivity contribution in [1.29, 1.82) is 0 Å². The number of aliphatic hydroxyl groups excluding tert-OH is 1. The monoisotopic (exact) mass is 241 g/mol. The summed E-state index contributed by atoms with van der Waals surface area (Å²) < 4.78 is 4.59. The van der Waals surface area contributed by atoms with Gasteiger partial charge in [0.05, 0.1) is 0 Å². The van der Waals surface area contributed by atoms with Crippen molar-refractivity contribution in [3.8, 4) is 0 Å². The zero-order valence-corrected chi connectivity index (χ0v) is 8.90. The normalized spacial score (nSPS) is 15.9. The number of aromatic nitrogens is 1. The number of aliphatic carboxylic acids is 1. The summed E-state index contributed by atoms with van der Waals surface area (Å²) in [6.07, 6.45) is -1.80. The van der Waals surface area contributed by atoms with Crippen LogP contribution in [0.25, 0.3) is 0 Å². The van der Waals surface area contributed by atoms with Gasteiger partial charge in [-0.3, -0.25) is 4.79 Å². The van der Waals surface area contributed by atoms with E-state index in [1.54, 1.807) is 0 Å². The van der Waals surface area contributed by atoms with Crippen LogP contribution in [-0.4, -0.2) is 45.8 Å². The van der Waals surface area contributed by atoms with Gasteiger partial charge < -0.3 is 20.1 Å². The lowest BCUT2D eigenvalue weighted by atomic mass is 10.1. The number of carbonyl (C=O) groups is 2. The van der Waals surface area contributed by atoms with Gasteiger partial charge in [0.2, 0.25) is 11.9 Å². The Balaban J connectivity index is 3.24. The largest absolute Gasteiger partial charge is 0.479 e. The minimum absolute atomic E-state index is 0.0180. The highest BCUT2D eigenvalue weighted by Crippen LogP contribution is 2.24. The second kappa shape index (κ2) is 5.00. The van der Waals surface area contributed by atoms with Crippen molar-refractivity contribution in [1.82, 2.24) is 4.98 Å². The molecule has 1 heterocycles. The smallest absolute Gasteiger partial charge is 0.338 e. The van der Waals surface area contributed by atoms with Crippen molar-refractivity contribution in [3.05, 3.63) is 29.6 Å². The van der Waals surface area contributed by atoms with Crippen molar-refractivity contribution in [3.63, 3.8) is 0 Å². The molecule has 1 aromatic rings. The SMILES string of the molecule is COC(O)(c1cccc(C=O)n1)C(O)C(=O)O. The number of carbonyl (C=O) groups excluding carboxylic acids is 1. The molecule has 17 heavy (non-hydrogen) atoms. The van der Waals surface area contributed by atoms with Gasteiger partial charge in [-0.15, -0.1) is 0 Å². The first-order chi connectivity index (χ1) is 7.95. The predicted molar refractivity (Wildman–Crippen MR) is 54.2 cm³/mol. The van der Waals surface area contributed by atoms with Crippen LogP contribution in [0.5, 0.6) is 0 Å². The first kappa shape index (κ1) is 13.2. The highest BCUT2D eigenvalue weighted by atomic mass is 16.6. The molecule has 7 heteroatoms. The van der Waals surface area contributed by atoms with Crippen LogP contribution >= 0.6 is 0 Å². The molecule has 0 aliphatic rings. The van der Waals surface area contributed by atoms with Gasteiger partial charge in [-0.05, 0) is 12.1 Å². The number of aldehydes is 1. The summed E-state index contributed by atoms with van der Waals surface area (Å²) in [7, 11) is 1.02. The van der Waals surface area contributed by atoms with E-state index in [2.05, 4.69) is 9.72 Å². The summed E-state index contributed by atoms with van der Waals surface area (Å²) in [5, 5.41) is 27.9. The fraction of sp³-hybridized carbons (Fsp3) is 0.300. The van der Waals surface area contributed by atoms with E-state index in [-0.39, 0.29) is 11.4 Å². The van der Waals surface area contributed by atoms with Crippen LogP contribution in [0.4, 0.5) is 0 Å². The molecule has 2 atom stereocenters. The predicted octanol–water partition coefficient (Wildman–Crippen LogP) is -0.869. The molecular formula is C10H11NO6. The molecule has 92 valence electrons. The summed E-state index contributed by atoms with van der Waals surface area (Å²) in [6, 6.07) is 3.98. The second-order valence-electron chi connectivity index (χ2n) is 3.21. The van der Waals surface area contributed by atoms with Crippen LogP contribution in [0, 0.1) is 0 Å². The maximum atomic E-state index is 10.6. The van der Waals surface area contributed by atoms with E-state index in [9.17, 15) is 19.8 Å². The lowest BCUT2D eigenvalue weighted by Gasteiger charge is -2.28. The Morgan fingerprint density at radius 3 is 2.71 bits per heavy atom. The zero-order chi connectivity index (χ0) is 13.1. The van der Waals surface area contributed by atoms with Crippen molar-refractivity contribution < 1.29 is 29.6 Å². The molecule has 1 rings (SSSR count). The molecule has 0 amide bonds. The number of rotatable bonds is 5. The fourth-order valence-corrected chi connectivity index (χ4v) is 1.24. The molecule has 0 bridgehead atoms. The van der Waals surface area contributed by atoms with Gasteiger partial charge in [-0.2, -0.15) is 0 Å². The third-order valence-corrected chi connectivity index (χ3v) is 2.17. The van der Waals surface area contributed by atoms with Crippen LogP contribution in [0.3, 0.4) is 0 Å². The first-order valence-corrected chi connectivity index (χ1v) is 4.56. The number of aliphatic hydroxyl groups is 2. The Labute approximate surface area is 96.3 Å². The number of methoxy groups -OCH3 is 1. The molecule has 2 unspecified atom stereocenters. The summed E-state index contributed by atoms with van der Waals surface area (Å²) in [5.74, 6) is -4.18. The quantitative estimate of drug-likeness (QED) is 0.453. The van der Waals surface area contributed by atoms with Gasteiger partial charge in [0.25, 0.3) is 0 Å². The number of hydrogen-bond acceptors (Lipinski definition) is 6. The average Bonchev–Trinajstić information content (AvgIpc) is 2.36. The Bertz CT molecular complexity index is 435. The van der Waals surface area contributed by atoms with Crippen LogP contribution < -0.4 is 0 Å². The van der Waals surface area contributed by atoms with E-state index in [1.165, 1.54) is 18.2 Å². The summed E-state index contributed by atoms with van der Waals surface area (Å²) in [5.41, 5.74) is -0.282. The molecule has 7 nitrogen and oxygen atoms in total. The molecule has 0 spiro atoms. The van der Waals surface area contributed by atoms with Gasteiger partial charge in [0, 0.05) is 7.11 Å². The van der Waals surface area contributed by atoms with Crippen molar-refractivity contribution in [2.75, 3.05) is 7.11 Å². The average molecular weight is 241 g/mol. The summed E-state index contributed by atoms with van der Waals surface area (Å²) in [6.45, 7) is 0. The molecule has 3 N–H and O–H groups in total. The van der Waals surface area contributed by atoms with Crippen LogP contribution in [0.15, 0.2) is 18.2 Å². The van der Waals surface area contributed by atoms with Crippen LogP contribution in [0.2, 0.25) is 0 Å². The molecule has 0 saturated heterocycles. The number of carboxylic acids is 1. The maximum Gasteiger partial charge on any atom is 0.338 e. The Kier molecular flexibility index (Phi) is 3.89.